The van der Waals surface area contributed by atoms with Gasteiger partial charge in [-0.2, -0.15) is 0 Å². The molecule has 0 aromatic heterocycles. The molecule has 6 nitrogen and oxygen atoms in total. The number of amides is 2. The first-order valence-corrected chi connectivity index (χ1v) is 7.87. The molecule has 2 aliphatic rings. The van der Waals surface area contributed by atoms with E-state index in [0.29, 0.717) is 25.6 Å². The number of nitrogens with one attached hydrogen (secondary N) is 1. The summed E-state index contributed by atoms with van der Waals surface area (Å²) in [6.07, 6.45) is 4.44. The molecule has 0 spiro atoms. The average molecular weight is 298 g/mol. The summed E-state index contributed by atoms with van der Waals surface area (Å²) in [5, 5.41) is 2.86. The van der Waals surface area contributed by atoms with Crippen LogP contribution in [0.2, 0.25) is 0 Å². The number of hydrogen-bond donors (Lipinski definition) is 1. The molecule has 0 radical (unpaired) electrons. The molecule has 1 N–H and O–H groups in total. The minimum Gasteiger partial charge on any atom is -0.448 e. The molecule has 2 amide bonds. The van der Waals surface area contributed by atoms with Crippen LogP contribution in [0.4, 0.5) is 4.79 Å². The highest BCUT2D eigenvalue weighted by atomic mass is 16.6. The van der Waals surface area contributed by atoms with Gasteiger partial charge in [0.2, 0.25) is 5.91 Å². The van der Waals surface area contributed by atoms with Crippen molar-refractivity contribution in [2.45, 2.75) is 51.7 Å². The van der Waals surface area contributed by atoms with E-state index in [-0.39, 0.29) is 30.8 Å². The molecule has 21 heavy (non-hydrogen) atoms. The van der Waals surface area contributed by atoms with Crippen LogP contribution in [0.15, 0.2) is 0 Å². The lowest BCUT2D eigenvalue weighted by Gasteiger charge is -2.27. The molecule has 1 aliphatic heterocycles. The van der Waals surface area contributed by atoms with Crippen LogP contribution in [0.3, 0.4) is 0 Å². The zero-order valence-electron chi connectivity index (χ0n) is 13.0. The van der Waals surface area contributed by atoms with Crippen LogP contribution in [0.5, 0.6) is 0 Å². The van der Waals surface area contributed by atoms with Crippen molar-refractivity contribution >= 4 is 12.0 Å². The second-order valence-electron chi connectivity index (χ2n) is 6.23. The van der Waals surface area contributed by atoms with Crippen LogP contribution in [0.1, 0.15) is 39.5 Å². The van der Waals surface area contributed by atoms with E-state index in [9.17, 15) is 9.59 Å². The molecule has 2 fully saturated rings. The van der Waals surface area contributed by atoms with Crippen molar-refractivity contribution in [3.8, 4) is 0 Å². The lowest BCUT2D eigenvalue weighted by Crippen LogP contribution is -2.44. The highest BCUT2D eigenvalue weighted by Crippen LogP contribution is 2.25. The van der Waals surface area contributed by atoms with Crippen LogP contribution in [0, 0.1) is 5.92 Å². The molecule has 1 heterocycles. The van der Waals surface area contributed by atoms with Crippen LogP contribution in [-0.2, 0) is 14.3 Å². The third kappa shape index (κ3) is 5.19. The van der Waals surface area contributed by atoms with Gasteiger partial charge in [0, 0.05) is 12.6 Å². The molecular weight excluding hydrogens is 272 g/mol. The number of cyclic esters (lactones) is 1. The lowest BCUT2D eigenvalue weighted by atomic mass is 9.89. The molecule has 0 aromatic rings. The van der Waals surface area contributed by atoms with Gasteiger partial charge in [-0.25, -0.2) is 4.79 Å². The molecular formula is C15H26N2O4. The molecule has 3 unspecified atom stereocenters. The summed E-state index contributed by atoms with van der Waals surface area (Å²) in [5.74, 6) is 0.570. The normalized spacial score (nSPS) is 27.3. The number of rotatable bonds is 6. The number of ether oxygens (including phenoxy) is 2. The van der Waals surface area contributed by atoms with Gasteiger partial charge in [-0.15, -0.1) is 0 Å². The SMILES string of the molecule is CC1CCCC(OCC(=O)NC(C)CN2CCOC2=O)C1. The Bertz CT molecular complexity index is 375. The fraction of sp³-hybridized carbons (Fsp3) is 0.867. The summed E-state index contributed by atoms with van der Waals surface area (Å²) in [6, 6.07) is -0.1000. The zero-order valence-corrected chi connectivity index (χ0v) is 13.0. The third-order valence-electron chi connectivity index (χ3n) is 4.08. The van der Waals surface area contributed by atoms with Crippen LogP contribution >= 0.6 is 0 Å². The number of nitrogens with zero attached hydrogens (tertiary/aromatic N) is 1. The predicted octanol–water partition coefficient (Wildman–Crippen LogP) is 1.54. The average Bonchev–Trinajstić information content (AvgIpc) is 2.82. The van der Waals surface area contributed by atoms with Crippen molar-refractivity contribution in [2.24, 2.45) is 5.92 Å². The second kappa shape index (κ2) is 7.64. The van der Waals surface area contributed by atoms with Gasteiger partial charge >= 0.3 is 6.09 Å². The van der Waals surface area contributed by atoms with Crippen LogP contribution < -0.4 is 5.32 Å². The molecule has 0 bridgehead atoms. The van der Waals surface area contributed by atoms with Crippen molar-refractivity contribution in [2.75, 3.05) is 26.3 Å². The molecule has 120 valence electrons. The van der Waals surface area contributed by atoms with Crippen molar-refractivity contribution in [3.05, 3.63) is 0 Å². The Hall–Kier alpha value is -1.30. The van der Waals surface area contributed by atoms with Gasteiger partial charge in [0.05, 0.1) is 12.6 Å². The van der Waals surface area contributed by atoms with E-state index >= 15 is 0 Å². The summed E-state index contributed by atoms with van der Waals surface area (Å²) in [4.78, 5) is 24.8. The predicted molar refractivity (Wildman–Crippen MR) is 77.9 cm³/mol. The summed E-state index contributed by atoms with van der Waals surface area (Å²) in [7, 11) is 0. The standard InChI is InChI=1S/C15H26N2O4/c1-11-4-3-5-13(8-11)21-10-14(18)16-12(2)9-17-6-7-20-15(17)19/h11-13H,3-10H2,1-2H3,(H,16,18). The zero-order chi connectivity index (χ0) is 15.2. The quantitative estimate of drug-likeness (QED) is 0.807. The van der Waals surface area contributed by atoms with Gasteiger partial charge in [-0.05, 0) is 25.7 Å². The van der Waals surface area contributed by atoms with Gasteiger partial charge in [0.15, 0.2) is 0 Å². The molecule has 2 rings (SSSR count). The van der Waals surface area contributed by atoms with E-state index in [1.165, 1.54) is 12.8 Å². The first-order valence-electron chi connectivity index (χ1n) is 7.87. The van der Waals surface area contributed by atoms with E-state index < -0.39 is 0 Å². The minimum absolute atomic E-state index is 0.1000. The second-order valence-corrected chi connectivity index (χ2v) is 6.23. The van der Waals surface area contributed by atoms with E-state index in [2.05, 4.69) is 12.2 Å². The summed E-state index contributed by atoms with van der Waals surface area (Å²) < 4.78 is 10.5. The molecule has 3 atom stereocenters. The van der Waals surface area contributed by atoms with Gasteiger partial charge in [-0.3, -0.25) is 4.79 Å². The number of carbonyl (C=O) groups excluding carboxylic acids is 2. The molecule has 0 aromatic carbocycles. The summed E-state index contributed by atoms with van der Waals surface area (Å²) in [6.45, 7) is 5.72. The van der Waals surface area contributed by atoms with Crippen molar-refractivity contribution in [3.63, 3.8) is 0 Å². The Morgan fingerprint density at radius 2 is 2.33 bits per heavy atom. The summed E-state index contributed by atoms with van der Waals surface area (Å²) in [5.41, 5.74) is 0. The largest absolute Gasteiger partial charge is 0.448 e. The third-order valence-corrected chi connectivity index (χ3v) is 4.08. The van der Waals surface area contributed by atoms with Crippen molar-refractivity contribution < 1.29 is 19.1 Å². The fourth-order valence-electron chi connectivity index (χ4n) is 3.01. The summed E-state index contributed by atoms with van der Waals surface area (Å²) >= 11 is 0. The Morgan fingerprint density at radius 3 is 3.00 bits per heavy atom. The fourth-order valence-corrected chi connectivity index (χ4v) is 3.01. The van der Waals surface area contributed by atoms with Crippen molar-refractivity contribution in [1.82, 2.24) is 10.2 Å². The van der Waals surface area contributed by atoms with Gasteiger partial charge in [-0.1, -0.05) is 19.8 Å². The van der Waals surface area contributed by atoms with Crippen LogP contribution in [0.25, 0.3) is 0 Å². The van der Waals surface area contributed by atoms with E-state index in [1.807, 2.05) is 6.92 Å². The van der Waals surface area contributed by atoms with Crippen molar-refractivity contribution in [1.29, 1.82) is 0 Å². The molecule has 6 heteroatoms. The Labute approximate surface area is 126 Å². The highest BCUT2D eigenvalue weighted by Gasteiger charge is 2.24. The van der Waals surface area contributed by atoms with Gasteiger partial charge in [0.1, 0.15) is 13.2 Å². The Kier molecular flexibility index (Phi) is 5.85. The van der Waals surface area contributed by atoms with Crippen LogP contribution in [-0.4, -0.2) is 55.3 Å². The van der Waals surface area contributed by atoms with Gasteiger partial charge in [0.25, 0.3) is 0 Å². The maximum atomic E-state index is 11.9. The maximum absolute atomic E-state index is 11.9. The lowest BCUT2D eigenvalue weighted by molar-refractivity contribution is -0.129. The number of hydrogen-bond acceptors (Lipinski definition) is 4. The topological polar surface area (TPSA) is 67.9 Å². The monoisotopic (exact) mass is 298 g/mol. The Morgan fingerprint density at radius 1 is 1.52 bits per heavy atom. The first kappa shape index (κ1) is 16.1. The van der Waals surface area contributed by atoms with E-state index in [1.54, 1.807) is 4.90 Å². The van der Waals surface area contributed by atoms with E-state index in [0.717, 1.165) is 12.8 Å². The van der Waals surface area contributed by atoms with E-state index in [4.69, 9.17) is 9.47 Å². The Balaban J connectivity index is 1.63. The molecule has 1 aliphatic carbocycles. The number of carbonyl (C=O) groups is 2. The van der Waals surface area contributed by atoms with Gasteiger partial charge < -0.3 is 19.7 Å². The first-order chi connectivity index (χ1) is 10.0. The minimum atomic E-state index is -0.302. The highest BCUT2D eigenvalue weighted by molar-refractivity contribution is 5.77. The molecule has 1 saturated heterocycles. The maximum Gasteiger partial charge on any atom is 0.410 e. The smallest absolute Gasteiger partial charge is 0.410 e. The molecule has 1 saturated carbocycles.